The van der Waals surface area contributed by atoms with Crippen LogP contribution >= 0.6 is 0 Å². The highest BCUT2D eigenvalue weighted by Gasteiger charge is 2.13. The van der Waals surface area contributed by atoms with Gasteiger partial charge in [-0.3, -0.25) is 4.79 Å². The van der Waals surface area contributed by atoms with Crippen LogP contribution in [0.5, 0.6) is 5.75 Å². The van der Waals surface area contributed by atoms with E-state index in [0.717, 1.165) is 29.6 Å². The lowest BCUT2D eigenvalue weighted by Gasteiger charge is -2.18. The van der Waals surface area contributed by atoms with Gasteiger partial charge in [-0.15, -0.1) is 0 Å². The molecule has 0 radical (unpaired) electrons. The van der Waals surface area contributed by atoms with Crippen LogP contribution in [0.1, 0.15) is 40.9 Å². The van der Waals surface area contributed by atoms with Crippen molar-refractivity contribution in [2.75, 3.05) is 7.11 Å². The average Bonchev–Trinajstić information content (AvgIpc) is 2.56. The third-order valence-corrected chi connectivity index (χ3v) is 3.45. The first-order chi connectivity index (χ1) is 10.3. The standard InChI is InChI=1S/C18H20O3/c1-3-18(17-7-5-4-6-15(17)12-19)21-13-14-8-10-16(20-2)11-9-14/h4-12,18H,3,13H2,1-2H3/t18-/m0/s1. The molecule has 3 nitrogen and oxygen atoms in total. The van der Waals surface area contributed by atoms with Crippen molar-refractivity contribution in [3.8, 4) is 5.75 Å². The molecule has 3 heteroatoms. The van der Waals surface area contributed by atoms with Crippen LogP contribution in [0.3, 0.4) is 0 Å². The Kier molecular flexibility index (Phi) is 5.52. The second-order valence-corrected chi connectivity index (χ2v) is 4.80. The van der Waals surface area contributed by atoms with Crippen molar-refractivity contribution in [3.05, 3.63) is 65.2 Å². The molecule has 0 aliphatic heterocycles. The van der Waals surface area contributed by atoms with Gasteiger partial charge in [0.25, 0.3) is 0 Å². The van der Waals surface area contributed by atoms with Crippen LogP contribution in [0, 0.1) is 0 Å². The molecule has 2 aromatic rings. The lowest BCUT2D eigenvalue weighted by atomic mass is 10.0. The molecular formula is C18H20O3. The van der Waals surface area contributed by atoms with Crippen LogP contribution in [0.15, 0.2) is 48.5 Å². The Morgan fingerprint density at radius 1 is 1.10 bits per heavy atom. The summed E-state index contributed by atoms with van der Waals surface area (Å²) in [5.74, 6) is 0.831. The van der Waals surface area contributed by atoms with E-state index in [4.69, 9.17) is 9.47 Å². The Hall–Kier alpha value is -2.13. The third-order valence-electron chi connectivity index (χ3n) is 3.45. The molecule has 1 atom stereocenters. The number of hydrogen-bond donors (Lipinski definition) is 0. The molecule has 0 bridgehead atoms. The number of aldehydes is 1. The van der Waals surface area contributed by atoms with E-state index >= 15 is 0 Å². The largest absolute Gasteiger partial charge is 0.497 e. The molecule has 0 saturated carbocycles. The summed E-state index contributed by atoms with van der Waals surface area (Å²) in [7, 11) is 1.65. The van der Waals surface area contributed by atoms with E-state index in [9.17, 15) is 4.79 Å². The monoisotopic (exact) mass is 284 g/mol. The van der Waals surface area contributed by atoms with Crippen LogP contribution in [-0.4, -0.2) is 13.4 Å². The van der Waals surface area contributed by atoms with Gasteiger partial charge >= 0.3 is 0 Å². The minimum atomic E-state index is -0.0755. The average molecular weight is 284 g/mol. The smallest absolute Gasteiger partial charge is 0.150 e. The predicted molar refractivity (Wildman–Crippen MR) is 82.6 cm³/mol. The molecular weight excluding hydrogens is 264 g/mol. The van der Waals surface area contributed by atoms with E-state index in [2.05, 4.69) is 6.92 Å². The van der Waals surface area contributed by atoms with Crippen molar-refractivity contribution >= 4 is 6.29 Å². The predicted octanol–water partition coefficient (Wildman–Crippen LogP) is 4.18. The third kappa shape index (κ3) is 3.92. The molecule has 2 rings (SSSR count). The van der Waals surface area contributed by atoms with Crippen molar-refractivity contribution in [2.24, 2.45) is 0 Å². The quantitative estimate of drug-likeness (QED) is 0.716. The first-order valence-corrected chi connectivity index (χ1v) is 7.07. The summed E-state index contributed by atoms with van der Waals surface area (Å²) in [6, 6.07) is 15.4. The minimum absolute atomic E-state index is 0.0755. The summed E-state index contributed by atoms with van der Waals surface area (Å²) in [4.78, 5) is 11.1. The van der Waals surface area contributed by atoms with Gasteiger partial charge < -0.3 is 9.47 Å². The molecule has 0 heterocycles. The summed E-state index contributed by atoms with van der Waals surface area (Å²) in [5, 5.41) is 0. The van der Waals surface area contributed by atoms with Crippen LogP contribution < -0.4 is 4.74 Å². The number of ether oxygens (including phenoxy) is 2. The molecule has 0 aliphatic carbocycles. The second kappa shape index (κ2) is 7.60. The Morgan fingerprint density at radius 2 is 1.81 bits per heavy atom. The Balaban J connectivity index is 2.06. The number of rotatable bonds is 7. The molecule has 0 aromatic heterocycles. The van der Waals surface area contributed by atoms with E-state index in [0.29, 0.717) is 12.2 Å². The molecule has 0 unspecified atom stereocenters. The molecule has 0 N–H and O–H groups in total. The maximum absolute atomic E-state index is 11.1. The fraction of sp³-hybridized carbons (Fsp3) is 0.278. The zero-order chi connectivity index (χ0) is 15.1. The van der Waals surface area contributed by atoms with Crippen molar-refractivity contribution in [1.82, 2.24) is 0 Å². The van der Waals surface area contributed by atoms with E-state index in [1.165, 1.54) is 0 Å². The van der Waals surface area contributed by atoms with Crippen LogP contribution in [0.2, 0.25) is 0 Å². The molecule has 0 saturated heterocycles. The molecule has 2 aromatic carbocycles. The Labute approximate surface area is 125 Å². The van der Waals surface area contributed by atoms with Crippen LogP contribution in [0.25, 0.3) is 0 Å². The Bertz CT molecular complexity index is 575. The normalized spacial score (nSPS) is 11.9. The van der Waals surface area contributed by atoms with Crippen molar-refractivity contribution in [3.63, 3.8) is 0 Å². The number of benzene rings is 2. The molecule has 0 spiro atoms. The Morgan fingerprint density at radius 3 is 2.43 bits per heavy atom. The number of carbonyl (C=O) groups excluding carboxylic acids is 1. The summed E-state index contributed by atoms with van der Waals surface area (Å²) < 4.78 is 11.1. The number of carbonyl (C=O) groups is 1. The van der Waals surface area contributed by atoms with Gasteiger partial charge in [0, 0.05) is 5.56 Å². The minimum Gasteiger partial charge on any atom is -0.497 e. The fourth-order valence-corrected chi connectivity index (χ4v) is 2.26. The van der Waals surface area contributed by atoms with E-state index < -0.39 is 0 Å². The highest BCUT2D eigenvalue weighted by molar-refractivity contribution is 5.77. The van der Waals surface area contributed by atoms with Gasteiger partial charge in [-0.1, -0.05) is 43.3 Å². The van der Waals surface area contributed by atoms with Gasteiger partial charge in [-0.2, -0.15) is 0 Å². The van der Waals surface area contributed by atoms with Gasteiger partial charge in [0.2, 0.25) is 0 Å². The molecule has 0 fully saturated rings. The van der Waals surface area contributed by atoms with Crippen LogP contribution in [-0.2, 0) is 11.3 Å². The summed E-state index contributed by atoms with van der Waals surface area (Å²) >= 11 is 0. The van der Waals surface area contributed by atoms with E-state index in [1.54, 1.807) is 7.11 Å². The summed E-state index contributed by atoms with van der Waals surface area (Å²) in [6.07, 6.45) is 1.63. The maximum atomic E-state index is 11.1. The van der Waals surface area contributed by atoms with E-state index in [-0.39, 0.29) is 6.10 Å². The lowest BCUT2D eigenvalue weighted by molar-refractivity contribution is 0.0366. The topological polar surface area (TPSA) is 35.5 Å². The van der Waals surface area contributed by atoms with Crippen molar-refractivity contribution in [2.45, 2.75) is 26.1 Å². The maximum Gasteiger partial charge on any atom is 0.150 e. The zero-order valence-corrected chi connectivity index (χ0v) is 12.4. The second-order valence-electron chi connectivity index (χ2n) is 4.80. The van der Waals surface area contributed by atoms with Crippen molar-refractivity contribution in [1.29, 1.82) is 0 Å². The molecule has 21 heavy (non-hydrogen) atoms. The van der Waals surface area contributed by atoms with Gasteiger partial charge in [0.15, 0.2) is 0 Å². The van der Waals surface area contributed by atoms with Crippen molar-refractivity contribution < 1.29 is 14.3 Å². The first kappa shape index (κ1) is 15.3. The summed E-state index contributed by atoms with van der Waals surface area (Å²) in [6.45, 7) is 2.57. The van der Waals surface area contributed by atoms with Crippen LogP contribution in [0.4, 0.5) is 0 Å². The van der Waals surface area contributed by atoms with E-state index in [1.807, 2.05) is 48.5 Å². The molecule has 0 aliphatic rings. The highest BCUT2D eigenvalue weighted by Crippen LogP contribution is 2.25. The van der Waals surface area contributed by atoms with Gasteiger partial charge in [0.1, 0.15) is 12.0 Å². The number of hydrogen-bond acceptors (Lipinski definition) is 3. The van der Waals surface area contributed by atoms with Gasteiger partial charge in [-0.05, 0) is 29.7 Å². The number of methoxy groups -OCH3 is 1. The first-order valence-electron chi connectivity index (χ1n) is 7.07. The van der Waals surface area contributed by atoms with Gasteiger partial charge in [0.05, 0.1) is 19.8 Å². The fourth-order valence-electron chi connectivity index (χ4n) is 2.26. The van der Waals surface area contributed by atoms with Gasteiger partial charge in [-0.25, -0.2) is 0 Å². The summed E-state index contributed by atoms with van der Waals surface area (Å²) in [5.41, 5.74) is 2.72. The highest BCUT2D eigenvalue weighted by atomic mass is 16.5. The SMILES string of the molecule is CC[C@H](OCc1ccc(OC)cc1)c1ccccc1C=O. The molecule has 110 valence electrons. The zero-order valence-electron chi connectivity index (χ0n) is 12.4. The lowest BCUT2D eigenvalue weighted by Crippen LogP contribution is -2.06. The molecule has 0 amide bonds.